The van der Waals surface area contributed by atoms with Crippen LogP contribution in [-0.2, 0) is 28.7 Å². The van der Waals surface area contributed by atoms with E-state index in [1.807, 2.05) is 0 Å². The lowest BCUT2D eigenvalue weighted by molar-refractivity contribution is -0.389. The van der Waals surface area contributed by atoms with E-state index in [-0.39, 0.29) is 35.6 Å². The maximum absolute atomic E-state index is 12.1. The molecule has 26 heavy (non-hydrogen) atoms. The van der Waals surface area contributed by atoms with Gasteiger partial charge in [-0.25, -0.2) is 4.21 Å². The lowest BCUT2D eigenvalue weighted by Crippen LogP contribution is -2.32. The molecule has 0 fully saturated rings. The van der Waals surface area contributed by atoms with Crippen molar-refractivity contribution >= 4 is 16.6 Å². The fourth-order valence-electron chi connectivity index (χ4n) is 2.40. The molecule has 0 saturated carbocycles. The molecule has 3 rings (SSSR count). The smallest absolute Gasteiger partial charge is 0.406 e. The highest BCUT2D eigenvalue weighted by atomic mass is 32.2. The van der Waals surface area contributed by atoms with Gasteiger partial charge in [-0.05, 0) is 27.6 Å². The minimum absolute atomic E-state index is 0.0836. The number of nitro groups is 1. The van der Waals surface area contributed by atoms with E-state index in [9.17, 15) is 27.5 Å². The molecular formula is C14H12F3N3O5S. The first-order chi connectivity index (χ1) is 12.2. The Balaban J connectivity index is 1.60. The Morgan fingerprint density at radius 1 is 1.35 bits per heavy atom. The van der Waals surface area contributed by atoms with Crippen molar-refractivity contribution in [3.8, 4) is 5.75 Å². The predicted molar refractivity (Wildman–Crippen MR) is 81.9 cm³/mol. The second-order valence-corrected chi connectivity index (χ2v) is 6.82. The molecule has 0 N–H and O–H groups in total. The largest absolute Gasteiger partial charge is 0.573 e. The molecule has 1 aromatic carbocycles. The quantitative estimate of drug-likeness (QED) is 0.574. The van der Waals surface area contributed by atoms with Crippen molar-refractivity contribution in [3.05, 3.63) is 46.1 Å². The molecule has 1 aliphatic heterocycles. The summed E-state index contributed by atoms with van der Waals surface area (Å²) in [6.45, 7) is 0.331. The average molecular weight is 391 g/mol. The van der Waals surface area contributed by atoms with Crippen LogP contribution in [0.15, 0.2) is 35.6 Å². The Labute approximate surface area is 147 Å². The number of hydrogen-bond acceptors (Lipinski definition) is 6. The molecule has 2 aromatic rings. The molecule has 1 aromatic heterocycles. The lowest BCUT2D eigenvalue weighted by atomic mass is 10.2. The average Bonchev–Trinajstić information content (AvgIpc) is 2.98. The summed E-state index contributed by atoms with van der Waals surface area (Å²) in [7, 11) is -1.54. The summed E-state index contributed by atoms with van der Waals surface area (Å²) in [6.07, 6.45) is -4.02. The summed E-state index contributed by atoms with van der Waals surface area (Å²) >= 11 is 0. The van der Waals surface area contributed by atoms with Crippen LogP contribution in [0.4, 0.5) is 19.0 Å². The number of halogens is 3. The maximum Gasteiger partial charge on any atom is 0.573 e. The molecule has 1 aliphatic rings. The summed E-state index contributed by atoms with van der Waals surface area (Å²) in [5.74, 6) is -0.590. The maximum atomic E-state index is 12.1. The number of fused-ring (bicyclic) bond motifs is 1. The van der Waals surface area contributed by atoms with Gasteiger partial charge >= 0.3 is 17.3 Å². The Hall–Kier alpha value is -2.47. The van der Waals surface area contributed by atoms with Crippen LogP contribution in [0, 0.1) is 10.1 Å². The zero-order valence-electron chi connectivity index (χ0n) is 13.0. The van der Waals surface area contributed by atoms with Gasteiger partial charge < -0.3 is 19.6 Å². The monoisotopic (exact) mass is 391 g/mol. The highest BCUT2D eigenvalue weighted by Crippen LogP contribution is 2.24. The van der Waals surface area contributed by atoms with Gasteiger partial charge in [-0.1, -0.05) is 12.1 Å². The molecule has 0 aliphatic carbocycles. The van der Waals surface area contributed by atoms with Crippen LogP contribution in [0.3, 0.4) is 0 Å². The summed E-state index contributed by atoms with van der Waals surface area (Å²) in [5.41, 5.74) is 0.604. The molecule has 2 atom stereocenters. The van der Waals surface area contributed by atoms with Crippen molar-refractivity contribution in [1.82, 2.24) is 9.55 Å². The van der Waals surface area contributed by atoms with Gasteiger partial charge in [0.15, 0.2) is 0 Å². The molecule has 140 valence electrons. The number of ether oxygens (including phenoxy) is 2. The van der Waals surface area contributed by atoms with Gasteiger partial charge in [-0.15, -0.1) is 13.2 Å². The molecule has 0 bridgehead atoms. The van der Waals surface area contributed by atoms with Crippen molar-refractivity contribution in [2.75, 3.05) is 5.75 Å². The minimum Gasteiger partial charge on any atom is -0.406 e. The van der Waals surface area contributed by atoms with E-state index in [1.165, 1.54) is 35.0 Å². The van der Waals surface area contributed by atoms with Gasteiger partial charge in [0.25, 0.3) is 0 Å². The highest BCUT2D eigenvalue weighted by Gasteiger charge is 2.33. The predicted octanol–water partition coefficient (Wildman–Crippen LogP) is 2.40. The normalized spacial score (nSPS) is 19.8. The van der Waals surface area contributed by atoms with Gasteiger partial charge in [-0.3, -0.25) is 4.57 Å². The van der Waals surface area contributed by atoms with Crippen LogP contribution in [0.25, 0.3) is 0 Å². The third-order valence-corrected chi connectivity index (χ3v) is 4.91. The van der Waals surface area contributed by atoms with E-state index in [1.54, 1.807) is 0 Å². The van der Waals surface area contributed by atoms with Crippen molar-refractivity contribution in [1.29, 1.82) is 0 Å². The van der Waals surface area contributed by atoms with Gasteiger partial charge in [0, 0.05) is 0 Å². The second-order valence-electron chi connectivity index (χ2n) is 5.43. The number of nitrogens with zero attached hydrogens (tertiary/aromatic N) is 3. The fraction of sp³-hybridized carbons (Fsp3) is 0.357. The first kappa shape index (κ1) is 18.3. The molecule has 0 amide bonds. The zero-order chi connectivity index (χ0) is 18.9. The summed E-state index contributed by atoms with van der Waals surface area (Å²) in [5, 5.41) is 10.9. The standard InChI is InChI=1S/C14H12F3N3O5S/c15-14(16,17)25-10-3-1-9(2-4-10)7-24-11-5-19-6-12(20(21)22)18-13(19)26(23)8-11/h1-4,6,11H,5,7-8H2/t11-,26-/m0/s1. The second kappa shape index (κ2) is 7.03. The number of aromatic nitrogens is 2. The molecule has 2 heterocycles. The molecular weight excluding hydrogens is 379 g/mol. The number of benzene rings is 1. The van der Waals surface area contributed by atoms with Crippen LogP contribution in [0.1, 0.15) is 5.56 Å². The van der Waals surface area contributed by atoms with E-state index in [2.05, 4.69) is 9.72 Å². The highest BCUT2D eigenvalue weighted by molar-refractivity contribution is 7.84. The van der Waals surface area contributed by atoms with E-state index in [0.29, 0.717) is 5.56 Å². The SMILES string of the molecule is O=[N+]([O-])c1cn2c(n1)[S@@](=O)C[C@@H](OCc1ccc(OC(F)(F)F)cc1)C2. The van der Waals surface area contributed by atoms with Crippen LogP contribution in [0.2, 0.25) is 0 Å². The van der Waals surface area contributed by atoms with Crippen molar-refractivity contribution in [2.24, 2.45) is 0 Å². The van der Waals surface area contributed by atoms with Crippen molar-refractivity contribution < 1.29 is 31.8 Å². The summed E-state index contributed by atoms with van der Waals surface area (Å²) in [4.78, 5) is 13.8. The Morgan fingerprint density at radius 3 is 2.65 bits per heavy atom. The summed E-state index contributed by atoms with van der Waals surface area (Å²) < 4.78 is 59.3. The zero-order valence-corrected chi connectivity index (χ0v) is 13.8. The molecule has 8 nitrogen and oxygen atoms in total. The number of rotatable bonds is 5. The molecule has 0 saturated heterocycles. The van der Waals surface area contributed by atoms with E-state index in [4.69, 9.17) is 4.74 Å². The molecule has 0 radical (unpaired) electrons. The topological polar surface area (TPSA) is 96.5 Å². The molecule has 0 spiro atoms. The molecule has 0 unspecified atom stereocenters. The van der Waals surface area contributed by atoms with Crippen molar-refractivity contribution in [2.45, 2.75) is 30.8 Å². The Kier molecular flexibility index (Phi) is 4.96. The van der Waals surface area contributed by atoms with E-state index in [0.717, 1.165) is 0 Å². The van der Waals surface area contributed by atoms with Gasteiger partial charge in [0.1, 0.15) is 22.7 Å². The van der Waals surface area contributed by atoms with E-state index >= 15 is 0 Å². The van der Waals surface area contributed by atoms with Crippen LogP contribution < -0.4 is 4.74 Å². The first-order valence-electron chi connectivity index (χ1n) is 7.27. The third-order valence-electron chi connectivity index (χ3n) is 3.50. The molecule has 12 heteroatoms. The van der Waals surface area contributed by atoms with Gasteiger partial charge in [0.05, 0.1) is 25.0 Å². The third kappa shape index (κ3) is 4.38. The Morgan fingerprint density at radius 2 is 2.04 bits per heavy atom. The summed E-state index contributed by atoms with van der Waals surface area (Å²) in [6, 6.07) is 5.19. The number of alkyl halides is 3. The fourth-order valence-corrected chi connectivity index (χ4v) is 3.68. The number of imidazole rings is 1. The minimum atomic E-state index is -4.75. The van der Waals surface area contributed by atoms with Gasteiger partial charge in [0.2, 0.25) is 0 Å². The lowest BCUT2D eigenvalue weighted by Gasteiger charge is -2.21. The number of hydrogen-bond donors (Lipinski definition) is 0. The Bertz CT molecular complexity index is 837. The van der Waals surface area contributed by atoms with Crippen molar-refractivity contribution in [3.63, 3.8) is 0 Å². The van der Waals surface area contributed by atoms with Gasteiger partial charge in [-0.2, -0.15) is 0 Å². The van der Waals surface area contributed by atoms with Crippen LogP contribution in [-0.4, -0.2) is 36.9 Å². The first-order valence-corrected chi connectivity index (χ1v) is 8.59. The van der Waals surface area contributed by atoms with Crippen LogP contribution in [0.5, 0.6) is 5.75 Å². The van der Waals surface area contributed by atoms with E-state index < -0.39 is 28.2 Å². The van der Waals surface area contributed by atoms with Crippen LogP contribution >= 0.6 is 0 Å².